The van der Waals surface area contributed by atoms with Gasteiger partial charge in [-0.15, -0.1) is 0 Å². The third-order valence-electron chi connectivity index (χ3n) is 11.1. The number of nitrogens with one attached hydrogen (secondary N) is 2. The average Bonchev–Trinajstić information content (AvgIpc) is 3.82. The number of rotatable bonds is 9. The highest BCUT2D eigenvalue weighted by Gasteiger charge is 2.31. The topological polar surface area (TPSA) is 108 Å². The van der Waals surface area contributed by atoms with Gasteiger partial charge in [-0.2, -0.15) is 0 Å². The first-order chi connectivity index (χ1) is 27.2. The van der Waals surface area contributed by atoms with Crippen molar-refractivity contribution >= 4 is 69.1 Å². The molecule has 2 N–H and O–H groups in total. The van der Waals surface area contributed by atoms with Crippen molar-refractivity contribution in [3.05, 3.63) is 117 Å². The van der Waals surface area contributed by atoms with Gasteiger partial charge in [-0.3, -0.25) is 9.69 Å². The number of fused-ring (bicyclic) bond motifs is 1. The van der Waals surface area contributed by atoms with Crippen LogP contribution in [0.4, 0.5) is 11.5 Å². The van der Waals surface area contributed by atoms with E-state index in [9.17, 15) is 9.59 Å². The molecule has 1 amide bonds. The number of pyridine rings is 1. The number of aromatic nitrogens is 4. The Morgan fingerprint density at radius 2 is 1.62 bits per heavy atom. The molecule has 0 spiro atoms. The van der Waals surface area contributed by atoms with Crippen LogP contribution in [0.15, 0.2) is 85.3 Å². The van der Waals surface area contributed by atoms with Crippen molar-refractivity contribution in [2.24, 2.45) is 0 Å². The van der Waals surface area contributed by atoms with E-state index in [2.05, 4.69) is 20.1 Å². The minimum atomic E-state index is -0.547. The number of amides is 1. The molecule has 1 saturated heterocycles. The van der Waals surface area contributed by atoms with Gasteiger partial charge < -0.3 is 24.5 Å². The van der Waals surface area contributed by atoms with Crippen LogP contribution in [0.5, 0.6) is 0 Å². The van der Waals surface area contributed by atoms with Crippen LogP contribution in [0.25, 0.3) is 33.4 Å². The van der Waals surface area contributed by atoms with Gasteiger partial charge in [0.1, 0.15) is 5.69 Å². The van der Waals surface area contributed by atoms with Gasteiger partial charge in [0.15, 0.2) is 5.82 Å². The summed E-state index contributed by atoms with van der Waals surface area (Å²) in [6.07, 6.45) is 9.63. The van der Waals surface area contributed by atoms with Crippen molar-refractivity contribution < 1.29 is 14.3 Å². The van der Waals surface area contributed by atoms with Gasteiger partial charge in [0.05, 0.1) is 42.1 Å². The largest absolute Gasteiger partial charge is 0.465 e. The maximum absolute atomic E-state index is 14.9. The summed E-state index contributed by atoms with van der Waals surface area (Å²) in [7, 11) is 1.33. The summed E-state index contributed by atoms with van der Waals surface area (Å²) in [6.45, 7) is 5.31. The highest BCUT2D eigenvalue weighted by Crippen LogP contribution is 2.42. The van der Waals surface area contributed by atoms with Crippen molar-refractivity contribution in [2.45, 2.75) is 51.1 Å². The predicted octanol–water partition coefficient (Wildman–Crippen LogP) is 10.2. The molecule has 56 heavy (non-hydrogen) atoms. The van der Waals surface area contributed by atoms with E-state index in [-0.39, 0.29) is 17.3 Å². The molecule has 1 aliphatic carbocycles. The molecule has 0 radical (unpaired) electrons. The molecule has 10 nitrogen and oxygen atoms in total. The highest BCUT2D eigenvalue weighted by molar-refractivity contribution is 6.35. The highest BCUT2D eigenvalue weighted by atomic mass is 35.5. The molecule has 288 valence electrons. The lowest BCUT2D eigenvalue weighted by Gasteiger charge is -2.41. The lowest BCUT2D eigenvalue weighted by atomic mass is 9.94. The van der Waals surface area contributed by atoms with Gasteiger partial charge >= 0.3 is 5.97 Å². The Hall–Kier alpha value is -4.87. The van der Waals surface area contributed by atoms with E-state index >= 15 is 0 Å². The van der Waals surface area contributed by atoms with Crippen LogP contribution in [0.3, 0.4) is 0 Å². The number of esters is 1. The van der Waals surface area contributed by atoms with Crippen LogP contribution in [0.2, 0.25) is 15.1 Å². The number of carbonyl (C=O) groups excluding carboxylic acids is 2. The van der Waals surface area contributed by atoms with Gasteiger partial charge in [-0.1, -0.05) is 96.5 Å². The van der Waals surface area contributed by atoms with Gasteiger partial charge in [0.25, 0.3) is 5.91 Å². The lowest BCUT2D eigenvalue weighted by molar-refractivity contribution is 0.0600. The number of aromatic amines is 1. The van der Waals surface area contributed by atoms with Crippen molar-refractivity contribution in [1.82, 2.24) is 24.4 Å². The van der Waals surface area contributed by atoms with Crippen LogP contribution in [0.1, 0.15) is 71.5 Å². The van der Waals surface area contributed by atoms with E-state index in [4.69, 9.17) is 49.5 Å². The average molecular weight is 811 g/mol. The van der Waals surface area contributed by atoms with E-state index in [1.807, 2.05) is 60.0 Å². The molecule has 3 aromatic heterocycles. The zero-order valence-electron chi connectivity index (χ0n) is 31.2. The standard InChI is InChI=1S/C43H42Cl3N7O3/c1-26(32-15-13-29(44)22-34(32)46)53-25-48-38(27-9-5-3-6-10-27)40(53)37-33-16-14-30(45)23-35(33)49-39(37)42(54)50-36-21-28(43(55)56-2)24-47-41(36)52-19-17-51(18-20-52)31-11-7-4-8-12-31/h3,5-6,9-10,13-16,21-26,31,49H,4,7-8,11-12,17-20H2,1-2H3,(H,50,54). The molecule has 1 saturated carbocycles. The fraction of sp³-hybridized carbons (Fsp3) is 0.302. The third-order valence-corrected chi connectivity index (χ3v) is 11.9. The van der Waals surface area contributed by atoms with Crippen molar-refractivity contribution in [1.29, 1.82) is 0 Å². The van der Waals surface area contributed by atoms with Gasteiger partial charge in [-0.25, -0.2) is 14.8 Å². The van der Waals surface area contributed by atoms with E-state index in [1.54, 1.807) is 30.6 Å². The Balaban J connectivity index is 1.23. The summed E-state index contributed by atoms with van der Waals surface area (Å²) >= 11 is 19.6. The number of hydrogen-bond donors (Lipinski definition) is 2. The minimum Gasteiger partial charge on any atom is -0.465 e. The van der Waals surface area contributed by atoms with Gasteiger partial charge in [0.2, 0.25) is 0 Å². The smallest absolute Gasteiger partial charge is 0.339 e. The summed E-state index contributed by atoms with van der Waals surface area (Å²) in [4.78, 5) is 45.5. The normalized spacial score (nSPS) is 15.9. The Bertz CT molecular complexity index is 2400. The fourth-order valence-corrected chi connectivity index (χ4v) is 8.99. The Morgan fingerprint density at radius 1 is 0.893 bits per heavy atom. The molecule has 1 atom stereocenters. The zero-order valence-corrected chi connectivity index (χ0v) is 33.5. The van der Waals surface area contributed by atoms with Crippen LogP contribution in [-0.2, 0) is 4.74 Å². The molecular formula is C43H42Cl3N7O3. The molecule has 2 aliphatic rings. The van der Waals surface area contributed by atoms with E-state index in [0.29, 0.717) is 55.1 Å². The van der Waals surface area contributed by atoms with Crippen molar-refractivity contribution in [3.8, 4) is 22.5 Å². The lowest BCUT2D eigenvalue weighted by Crippen LogP contribution is -2.51. The number of nitrogens with zero attached hydrogens (tertiary/aromatic N) is 5. The Labute approximate surface area is 340 Å². The predicted molar refractivity (Wildman–Crippen MR) is 224 cm³/mol. The summed E-state index contributed by atoms with van der Waals surface area (Å²) in [5.41, 5.74) is 5.31. The second-order valence-corrected chi connectivity index (χ2v) is 15.8. The van der Waals surface area contributed by atoms with Crippen molar-refractivity contribution in [2.75, 3.05) is 43.5 Å². The first-order valence-electron chi connectivity index (χ1n) is 19.0. The molecule has 13 heteroatoms. The van der Waals surface area contributed by atoms with E-state index in [1.165, 1.54) is 45.4 Å². The number of carbonyl (C=O) groups is 2. The molecule has 3 aromatic carbocycles. The number of ether oxygens (including phenoxy) is 1. The quantitative estimate of drug-likeness (QED) is 0.140. The molecular weight excluding hydrogens is 769 g/mol. The number of piperazine rings is 1. The van der Waals surface area contributed by atoms with Crippen molar-refractivity contribution in [3.63, 3.8) is 0 Å². The Kier molecular flexibility index (Phi) is 11.1. The first-order valence-corrected chi connectivity index (χ1v) is 20.1. The fourth-order valence-electron chi connectivity index (χ4n) is 8.25. The third kappa shape index (κ3) is 7.51. The SMILES string of the molecule is COC(=O)c1cnc(N2CCN(C3CCCCC3)CC2)c(NC(=O)c2[nH]c3cc(Cl)ccc3c2-c2c(-c3ccccc3)ncn2C(C)c2ccc(Cl)cc2Cl)c1. The summed E-state index contributed by atoms with van der Waals surface area (Å²) in [5.74, 6) is -0.382. The van der Waals surface area contributed by atoms with Crippen LogP contribution < -0.4 is 10.2 Å². The first kappa shape index (κ1) is 38.0. The molecule has 8 rings (SSSR count). The minimum absolute atomic E-state index is 0.231. The Morgan fingerprint density at radius 3 is 2.36 bits per heavy atom. The molecule has 1 aliphatic heterocycles. The van der Waals surface area contributed by atoms with Crippen LogP contribution in [-0.4, -0.2) is 75.6 Å². The summed E-state index contributed by atoms with van der Waals surface area (Å²) in [6, 6.07) is 22.7. The second-order valence-electron chi connectivity index (χ2n) is 14.5. The number of anilines is 2. The van der Waals surface area contributed by atoms with Gasteiger partial charge in [0, 0.05) is 75.5 Å². The molecule has 0 bridgehead atoms. The number of benzene rings is 3. The number of H-pyrrole nitrogens is 1. The number of imidazole rings is 1. The van der Waals surface area contributed by atoms with Crippen LogP contribution >= 0.6 is 34.8 Å². The maximum atomic E-state index is 14.9. The number of halogens is 3. The van der Waals surface area contributed by atoms with Crippen LogP contribution in [0, 0.1) is 0 Å². The van der Waals surface area contributed by atoms with Gasteiger partial charge in [-0.05, 0) is 55.7 Å². The second kappa shape index (κ2) is 16.3. The maximum Gasteiger partial charge on any atom is 0.339 e. The molecule has 2 fully saturated rings. The summed E-state index contributed by atoms with van der Waals surface area (Å²) in [5, 5.41) is 5.49. The summed E-state index contributed by atoms with van der Waals surface area (Å²) < 4.78 is 7.08. The monoisotopic (exact) mass is 809 g/mol. The zero-order chi connectivity index (χ0) is 38.9. The molecule has 1 unspecified atom stereocenters. The van der Waals surface area contributed by atoms with E-state index in [0.717, 1.165) is 42.7 Å². The number of hydrogen-bond acceptors (Lipinski definition) is 7. The van der Waals surface area contributed by atoms with E-state index < -0.39 is 11.9 Å². The molecule has 6 aromatic rings. The molecule has 4 heterocycles. The number of methoxy groups -OCH3 is 1.